The summed E-state index contributed by atoms with van der Waals surface area (Å²) in [5.74, 6) is 2.28. The smallest absolute Gasteiger partial charge is 0.241 e. The summed E-state index contributed by atoms with van der Waals surface area (Å²) in [4.78, 5) is 19.1. The summed E-state index contributed by atoms with van der Waals surface area (Å²) >= 11 is 0. The van der Waals surface area contributed by atoms with Crippen LogP contribution >= 0.6 is 0 Å². The van der Waals surface area contributed by atoms with Gasteiger partial charge in [-0.1, -0.05) is 12.1 Å². The summed E-state index contributed by atoms with van der Waals surface area (Å²) in [5.41, 5.74) is 2.74. The molecule has 0 aliphatic carbocycles. The van der Waals surface area contributed by atoms with E-state index < -0.39 is 0 Å². The number of para-hydroxylation sites is 1. The lowest BCUT2D eigenvalue weighted by molar-refractivity contribution is -0.120. The van der Waals surface area contributed by atoms with Gasteiger partial charge in [0.25, 0.3) is 0 Å². The minimum absolute atomic E-state index is 0.0136. The summed E-state index contributed by atoms with van der Waals surface area (Å²) in [7, 11) is 0. The summed E-state index contributed by atoms with van der Waals surface area (Å²) in [5, 5.41) is 3.04. The number of nitrogens with zero attached hydrogens (tertiary/aromatic N) is 2. The van der Waals surface area contributed by atoms with E-state index in [4.69, 9.17) is 13.9 Å². The van der Waals surface area contributed by atoms with Crippen LogP contribution in [-0.2, 0) is 11.3 Å². The zero-order valence-corrected chi connectivity index (χ0v) is 15.8. The number of oxazole rings is 1. The van der Waals surface area contributed by atoms with E-state index in [1.807, 2.05) is 42.5 Å². The molecule has 2 aromatic carbocycles. The monoisotopic (exact) mass is 391 g/mol. The molecular formula is C22H21N3O4. The molecule has 3 heterocycles. The van der Waals surface area contributed by atoms with Crippen LogP contribution in [0.3, 0.4) is 0 Å². The molecule has 1 amide bonds. The molecule has 0 radical (unpaired) electrons. The summed E-state index contributed by atoms with van der Waals surface area (Å²) in [6, 6.07) is 13.3. The fraction of sp³-hybridized carbons (Fsp3) is 0.273. The van der Waals surface area contributed by atoms with Crippen molar-refractivity contribution in [3.05, 3.63) is 60.6 Å². The Labute approximate surface area is 168 Å². The highest BCUT2D eigenvalue weighted by atomic mass is 16.7. The quantitative estimate of drug-likeness (QED) is 0.715. The number of hydrogen-bond acceptors (Lipinski definition) is 6. The number of hydrogen-bond donors (Lipinski definition) is 1. The Kier molecular flexibility index (Phi) is 4.65. The van der Waals surface area contributed by atoms with Crippen LogP contribution in [0.4, 0.5) is 5.69 Å². The van der Waals surface area contributed by atoms with Crippen molar-refractivity contribution in [1.82, 2.24) is 9.88 Å². The molecule has 0 bridgehead atoms. The zero-order chi connectivity index (χ0) is 19.6. The average Bonchev–Trinajstić information content (AvgIpc) is 3.50. The number of nitrogens with one attached hydrogen (secondary N) is 1. The van der Waals surface area contributed by atoms with Crippen molar-refractivity contribution < 1.29 is 18.7 Å². The molecule has 148 valence electrons. The molecule has 2 aliphatic rings. The number of benzene rings is 2. The van der Waals surface area contributed by atoms with Gasteiger partial charge >= 0.3 is 0 Å². The van der Waals surface area contributed by atoms with E-state index in [1.54, 1.807) is 6.20 Å². The number of anilines is 1. The third-order valence-electron chi connectivity index (χ3n) is 5.39. The average molecular weight is 391 g/mol. The molecule has 5 rings (SSSR count). The topological polar surface area (TPSA) is 76.8 Å². The number of ether oxygens (including phenoxy) is 2. The van der Waals surface area contributed by atoms with Gasteiger partial charge in [0.15, 0.2) is 23.7 Å². The van der Waals surface area contributed by atoms with Gasteiger partial charge in [-0.25, -0.2) is 4.98 Å². The third-order valence-corrected chi connectivity index (χ3v) is 5.39. The van der Waals surface area contributed by atoms with Crippen LogP contribution in [0.5, 0.6) is 11.5 Å². The van der Waals surface area contributed by atoms with Gasteiger partial charge in [-0.2, -0.15) is 0 Å². The van der Waals surface area contributed by atoms with Crippen molar-refractivity contribution >= 4 is 11.6 Å². The fourth-order valence-corrected chi connectivity index (χ4v) is 3.95. The first-order chi connectivity index (χ1) is 14.3. The normalized spacial score (nSPS) is 18.1. The highest BCUT2D eigenvalue weighted by Crippen LogP contribution is 2.37. The Morgan fingerprint density at radius 1 is 1.17 bits per heavy atom. The molecule has 7 nitrogen and oxygen atoms in total. The van der Waals surface area contributed by atoms with Gasteiger partial charge < -0.3 is 19.2 Å². The van der Waals surface area contributed by atoms with Gasteiger partial charge in [0.1, 0.15) is 0 Å². The summed E-state index contributed by atoms with van der Waals surface area (Å²) in [6.07, 6.45) is 4.90. The minimum Gasteiger partial charge on any atom is -0.454 e. The molecule has 1 fully saturated rings. The van der Waals surface area contributed by atoms with Gasteiger partial charge in [-0.3, -0.25) is 9.69 Å². The molecule has 7 heteroatoms. The van der Waals surface area contributed by atoms with Crippen molar-refractivity contribution in [1.29, 1.82) is 0 Å². The number of carbonyl (C=O) groups is 1. The second kappa shape index (κ2) is 7.60. The predicted octanol–water partition coefficient (Wildman–Crippen LogP) is 3.67. The Balaban J connectivity index is 1.26. The maximum atomic E-state index is 12.9. The highest BCUT2D eigenvalue weighted by molar-refractivity contribution is 5.95. The fourth-order valence-electron chi connectivity index (χ4n) is 3.95. The van der Waals surface area contributed by atoms with E-state index in [1.165, 1.54) is 6.39 Å². The molecular weight excluding hydrogens is 370 g/mol. The lowest BCUT2D eigenvalue weighted by Crippen LogP contribution is -2.39. The number of fused-ring (bicyclic) bond motifs is 1. The van der Waals surface area contributed by atoms with E-state index in [0.717, 1.165) is 47.7 Å². The molecule has 3 aromatic rings. The Bertz CT molecular complexity index is 1000. The number of aromatic nitrogens is 1. The van der Waals surface area contributed by atoms with Crippen LogP contribution in [0.1, 0.15) is 18.4 Å². The molecule has 0 saturated carbocycles. The minimum atomic E-state index is -0.165. The van der Waals surface area contributed by atoms with E-state index in [0.29, 0.717) is 12.3 Å². The first-order valence-electron chi connectivity index (χ1n) is 9.69. The van der Waals surface area contributed by atoms with Crippen LogP contribution in [0.15, 0.2) is 59.5 Å². The van der Waals surface area contributed by atoms with Crippen molar-refractivity contribution in [2.24, 2.45) is 0 Å². The van der Waals surface area contributed by atoms with E-state index in [9.17, 15) is 4.79 Å². The van der Waals surface area contributed by atoms with Crippen molar-refractivity contribution in [3.8, 4) is 22.8 Å². The Morgan fingerprint density at radius 2 is 2.07 bits per heavy atom. The SMILES string of the molecule is O=C(Nc1ccc(-c2cnco2)cc1)C1CCCN1Cc1cccc2c1OCO2. The van der Waals surface area contributed by atoms with Gasteiger partial charge in [-0.15, -0.1) is 0 Å². The molecule has 1 atom stereocenters. The van der Waals surface area contributed by atoms with Crippen molar-refractivity contribution in [2.75, 3.05) is 18.7 Å². The van der Waals surface area contributed by atoms with Gasteiger partial charge in [-0.05, 0) is 49.7 Å². The standard InChI is InChI=1S/C22H21N3O4/c26-22(24-17-8-6-15(7-9-17)20-11-23-13-27-20)18-4-2-10-25(18)12-16-3-1-5-19-21(16)29-14-28-19/h1,3,5-9,11,13,18H,2,4,10,12,14H2,(H,24,26). The van der Waals surface area contributed by atoms with E-state index in [-0.39, 0.29) is 18.7 Å². The number of rotatable bonds is 5. The van der Waals surface area contributed by atoms with Gasteiger partial charge in [0.2, 0.25) is 12.7 Å². The van der Waals surface area contributed by atoms with E-state index in [2.05, 4.69) is 15.2 Å². The predicted molar refractivity (Wildman–Crippen MR) is 107 cm³/mol. The second-order valence-electron chi connectivity index (χ2n) is 7.21. The molecule has 0 spiro atoms. The lowest BCUT2D eigenvalue weighted by Gasteiger charge is -2.24. The van der Waals surface area contributed by atoms with Gasteiger partial charge in [0.05, 0.1) is 12.2 Å². The highest BCUT2D eigenvalue weighted by Gasteiger charge is 2.32. The molecule has 1 saturated heterocycles. The Hall–Kier alpha value is -3.32. The first-order valence-corrected chi connectivity index (χ1v) is 9.69. The summed E-state index contributed by atoms with van der Waals surface area (Å²) < 4.78 is 16.4. The maximum absolute atomic E-state index is 12.9. The molecule has 1 unspecified atom stereocenters. The van der Waals surface area contributed by atoms with Crippen molar-refractivity contribution in [3.63, 3.8) is 0 Å². The lowest BCUT2D eigenvalue weighted by atomic mass is 10.1. The van der Waals surface area contributed by atoms with Crippen LogP contribution in [-0.4, -0.2) is 35.2 Å². The second-order valence-corrected chi connectivity index (χ2v) is 7.21. The van der Waals surface area contributed by atoms with Crippen LogP contribution < -0.4 is 14.8 Å². The molecule has 2 aliphatic heterocycles. The van der Waals surface area contributed by atoms with E-state index >= 15 is 0 Å². The number of carbonyl (C=O) groups excluding carboxylic acids is 1. The Morgan fingerprint density at radius 3 is 2.90 bits per heavy atom. The number of amides is 1. The molecule has 1 aromatic heterocycles. The summed E-state index contributed by atoms with van der Waals surface area (Å²) in [6.45, 7) is 1.79. The third kappa shape index (κ3) is 3.56. The van der Waals surface area contributed by atoms with Gasteiger partial charge in [0, 0.05) is 23.4 Å². The molecule has 29 heavy (non-hydrogen) atoms. The number of likely N-dealkylation sites (tertiary alicyclic amines) is 1. The van der Waals surface area contributed by atoms with Crippen LogP contribution in [0, 0.1) is 0 Å². The van der Waals surface area contributed by atoms with Crippen molar-refractivity contribution in [2.45, 2.75) is 25.4 Å². The first kappa shape index (κ1) is 17.8. The molecule has 1 N–H and O–H groups in total. The zero-order valence-electron chi connectivity index (χ0n) is 15.8. The largest absolute Gasteiger partial charge is 0.454 e. The maximum Gasteiger partial charge on any atom is 0.241 e. The van der Waals surface area contributed by atoms with Crippen LogP contribution in [0.25, 0.3) is 11.3 Å². The van der Waals surface area contributed by atoms with Crippen LogP contribution in [0.2, 0.25) is 0 Å².